The van der Waals surface area contributed by atoms with Crippen molar-refractivity contribution in [2.75, 3.05) is 11.9 Å². The van der Waals surface area contributed by atoms with Crippen LogP contribution in [0.1, 0.15) is 46.6 Å². The molecule has 7 heteroatoms. The molecule has 150 valence electrons. The largest absolute Gasteiger partial charge is 0.469 e. The van der Waals surface area contributed by atoms with E-state index in [1.54, 1.807) is 18.4 Å². The lowest BCUT2D eigenvalue weighted by Gasteiger charge is -2.42. The van der Waals surface area contributed by atoms with E-state index in [1.807, 2.05) is 18.2 Å². The van der Waals surface area contributed by atoms with Gasteiger partial charge in [-0.15, -0.1) is 11.3 Å². The van der Waals surface area contributed by atoms with E-state index in [0.29, 0.717) is 28.7 Å². The summed E-state index contributed by atoms with van der Waals surface area (Å²) in [6.07, 6.45) is 5.05. The summed E-state index contributed by atoms with van der Waals surface area (Å²) in [6.45, 7) is 2.38. The Hall–Kier alpha value is -2.93. The predicted molar refractivity (Wildman–Crippen MR) is 112 cm³/mol. The Bertz CT molecular complexity index is 1010. The predicted octanol–water partition coefficient (Wildman–Crippen LogP) is 4.08. The number of thiazole rings is 1. The minimum absolute atomic E-state index is 0.0546. The molecule has 1 saturated carbocycles. The molecule has 0 bridgehead atoms. The number of hydrogen-bond acceptors (Lipinski definition) is 5. The van der Waals surface area contributed by atoms with Gasteiger partial charge in [0.15, 0.2) is 5.13 Å². The van der Waals surface area contributed by atoms with Crippen LogP contribution in [0.3, 0.4) is 0 Å². The van der Waals surface area contributed by atoms with Gasteiger partial charge in [-0.05, 0) is 31.4 Å². The van der Waals surface area contributed by atoms with Crippen molar-refractivity contribution in [2.45, 2.75) is 38.0 Å². The molecule has 0 atom stereocenters. The monoisotopic (exact) mass is 409 g/mol. The molecule has 0 unspecified atom stereocenters. The van der Waals surface area contributed by atoms with Crippen LogP contribution in [-0.4, -0.2) is 23.3 Å². The molecule has 2 heterocycles. The number of benzene rings is 1. The molecule has 1 fully saturated rings. The highest BCUT2D eigenvalue weighted by atomic mass is 32.1. The number of nitrogens with one attached hydrogen (secondary N) is 2. The molecule has 0 saturated heterocycles. The van der Waals surface area contributed by atoms with Crippen molar-refractivity contribution >= 4 is 28.3 Å². The summed E-state index contributed by atoms with van der Waals surface area (Å²) < 4.78 is 5.15. The highest BCUT2D eigenvalue weighted by molar-refractivity contribution is 7.14. The second-order valence-electron chi connectivity index (χ2n) is 7.44. The standard InChI is InChI=1S/C22H23N3O3S/c1-15-18(8-11-28-15)20(27)25-21-24-17(13-29-21)12-19(26)23-14-22(9-5-10-22)16-6-3-2-4-7-16/h2-4,6-8,11,13H,5,9-10,12,14H2,1H3,(H,23,26)(H,24,25,27). The first-order valence-corrected chi connectivity index (χ1v) is 10.6. The van der Waals surface area contributed by atoms with Gasteiger partial charge in [0.1, 0.15) is 5.76 Å². The Morgan fingerprint density at radius 1 is 1.21 bits per heavy atom. The van der Waals surface area contributed by atoms with Crippen LogP contribution < -0.4 is 10.6 Å². The second kappa shape index (κ2) is 8.21. The minimum atomic E-state index is -0.267. The highest BCUT2D eigenvalue weighted by Gasteiger charge is 2.38. The van der Waals surface area contributed by atoms with Gasteiger partial charge in [-0.2, -0.15) is 0 Å². The number of rotatable bonds is 7. The van der Waals surface area contributed by atoms with Gasteiger partial charge in [-0.1, -0.05) is 36.8 Å². The van der Waals surface area contributed by atoms with Gasteiger partial charge in [-0.25, -0.2) is 4.98 Å². The number of aryl methyl sites for hydroxylation is 1. The average Bonchev–Trinajstić information content (AvgIpc) is 3.30. The molecular formula is C22H23N3O3S. The number of nitrogens with zero attached hydrogens (tertiary/aromatic N) is 1. The zero-order valence-corrected chi connectivity index (χ0v) is 17.1. The number of hydrogen-bond donors (Lipinski definition) is 2. The fraction of sp³-hybridized carbons (Fsp3) is 0.318. The number of amides is 2. The quantitative estimate of drug-likeness (QED) is 0.616. The first kappa shape index (κ1) is 19.4. The smallest absolute Gasteiger partial charge is 0.260 e. The molecule has 0 radical (unpaired) electrons. The third-order valence-corrected chi connectivity index (χ3v) is 6.34. The zero-order chi connectivity index (χ0) is 20.3. The summed E-state index contributed by atoms with van der Waals surface area (Å²) in [5, 5.41) is 8.10. The lowest BCUT2D eigenvalue weighted by molar-refractivity contribution is -0.120. The first-order valence-electron chi connectivity index (χ1n) is 9.68. The normalized spacial score (nSPS) is 14.8. The second-order valence-corrected chi connectivity index (χ2v) is 8.30. The van der Waals surface area contributed by atoms with Gasteiger partial charge in [0.05, 0.1) is 23.9 Å². The van der Waals surface area contributed by atoms with Crippen molar-refractivity contribution in [1.82, 2.24) is 10.3 Å². The van der Waals surface area contributed by atoms with Gasteiger partial charge in [-0.3, -0.25) is 14.9 Å². The van der Waals surface area contributed by atoms with Gasteiger partial charge in [0.25, 0.3) is 5.91 Å². The van der Waals surface area contributed by atoms with E-state index in [0.717, 1.165) is 12.8 Å². The van der Waals surface area contributed by atoms with Crippen LogP contribution in [0.5, 0.6) is 0 Å². The first-order chi connectivity index (χ1) is 14.1. The lowest BCUT2D eigenvalue weighted by Crippen LogP contribution is -2.45. The van der Waals surface area contributed by atoms with Gasteiger partial charge in [0, 0.05) is 17.3 Å². The van der Waals surface area contributed by atoms with E-state index in [2.05, 4.69) is 27.8 Å². The Labute approximate surface area is 173 Å². The van der Waals surface area contributed by atoms with E-state index in [-0.39, 0.29) is 23.7 Å². The van der Waals surface area contributed by atoms with E-state index in [4.69, 9.17) is 4.42 Å². The maximum absolute atomic E-state index is 12.4. The lowest BCUT2D eigenvalue weighted by atomic mass is 9.64. The summed E-state index contributed by atoms with van der Waals surface area (Å²) in [6, 6.07) is 12.0. The molecule has 1 aromatic carbocycles. The Morgan fingerprint density at radius 3 is 2.66 bits per heavy atom. The molecule has 1 aliphatic carbocycles. The van der Waals surface area contributed by atoms with Crippen LogP contribution in [0.25, 0.3) is 0 Å². The summed E-state index contributed by atoms with van der Waals surface area (Å²) in [5.41, 5.74) is 2.47. The number of carbonyl (C=O) groups is 2. The molecule has 2 amide bonds. The Balaban J connectivity index is 1.31. The van der Waals surface area contributed by atoms with Crippen molar-refractivity contribution in [1.29, 1.82) is 0 Å². The fourth-order valence-corrected chi connectivity index (χ4v) is 4.39. The van der Waals surface area contributed by atoms with Gasteiger partial charge < -0.3 is 9.73 Å². The molecule has 0 spiro atoms. The van der Waals surface area contributed by atoms with E-state index < -0.39 is 0 Å². The molecule has 4 rings (SSSR count). The van der Waals surface area contributed by atoms with E-state index in [1.165, 1.54) is 29.6 Å². The average molecular weight is 410 g/mol. The van der Waals surface area contributed by atoms with Crippen LogP contribution in [0.15, 0.2) is 52.5 Å². The van der Waals surface area contributed by atoms with Crippen LogP contribution in [-0.2, 0) is 16.6 Å². The molecule has 2 aromatic heterocycles. The third kappa shape index (κ3) is 4.24. The molecule has 0 aliphatic heterocycles. The van der Waals surface area contributed by atoms with Gasteiger partial charge in [0.2, 0.25) is 5.91 Å². The third-order valence-electron chi connectivity index (χ3n) is 5.54. The number of carbonyl (C=O) groups excluding carboxylic acids is 2. The number of furan rings is 1. The number of anilines is 1. The highest BCUT2D eigenvalue weighted by Crippen LogP contribution is 2.43. The SMILES string of the molecule is Cc1occc1C(=O)Nc1nc(CC(=O)NCC2(c3ccccc3)CCC2)cs1. The van der Waals surface area contributed by atoms with Crippen molar-refractivity contribution in [3.63, 3.8) is 0 Å². The molecular weight excluding hydrogens is 386 g/mol. The fourth-order valence-electron chi connectivity index (χ4n) is 3.69. The Kier molecular flexibility index (Phi) is 5.49. The maximum Gasteiger partial charge on any atom is 0.260 e. The number of aromatic nitrogens is 1. The van der Waals surface area contributed by atoms with Crippen molar-refractivity contribution < 1.29 is 14.0 Å². The minimum Gasteiger partial charge on any atom is -0.469 e. The van der Waals surface area contributed by atoms with Gasteiger partial charge >= 0.3 is 0 Å². The van der Waals surface area contributed by atoms with Crippen molar-refractivity contribution in [3.05, 3.63) is 70.6 Å². The topological polar surface area (TPSA) is 84.2 Å². The molecule has 2 N–H and O–H groups in total. The summed E-state index contributed by atoms with van der Waals surface area (Å²) >= 11 is 1.31. The molecule has 29 heavy (non-hydrogen) atoms. The van der Waals surface area contributed by atoms with Crippen molar-refractivity contribution in [2.24, 2.45) is 0 Å². The molecule has 6 nitrogen and oxygen atoms in total. The Morgan fingerprint density at radius 2 is 2.00 bits per heavy atom. The zero-order valence-electron chi connectivity index (χ0n) is 16.2. The summed E-state index contributed by atoms with van der Waals surface area (Å²) in [7, 11) is 0. The van der Waals surface area contributed by atoms with E-state index in [9.17, 15) is 9.59 Å². The molecule has 1 aliphatic rings. The van der Waals surface area contributed by atoms with Crippen LogP contribution in [0.4, 0.5) is 5.13 Å². The summed E-state index contributed by atoms with van der Waals surface area (Å²) in [4.78, 5) is 29.0. The van der Waals surface area contributed by atoms with Crippen LogP contribution in [0, 0.1) is 6.92 Å². The van der Waals surface area contributed by atoms with Crippen LogP contribution in [0.2, 0.25) is 0 Å². The van der Waals surface area contributed by atoms with Crippen LogP contribution >= 0.6 is 11.3 Å². The molecule has 3 aromatic rings. The maximum atomic E-state index is 12.4. The summed E-state index contributed by atoms with van der Waals surface area (Å²) in [5.74, 6) is 0.236. The van der Waals surface area contributed by atoms with E-state index >= 15 is 0 Å². The van der Waals surface area contributed by atoms with Crippen molar-refractivity contribution in [3.8, 4) is 0 Å².